The minimum atomic E-state index is -4.15. The Hall–Kier alpha value is -2.00. The maximum Gasteiger partial charge on any atom is 0.336 e. The van der Waals surface area contributed by atoms with Crippen molar-refractivity contribution in [1.29, 1.82) is 0 Å². The molecule has 1 aromatic heterocycles. The first-order chi connectivity index (χ1) is 9.33. The van der Waals surface area contributed by atoms with Crippen LogP contribution in [0.15, 0.2) is 28.6 Å². The minimum absolute atomic E-state index is 0.101. The molecule has 2 rings (SSSR count). The molecule has 0 amide bonds. The van der Waals surface area contributed by atoms with Crippen molar-refractivity contribution in [2.24, 2.45) is 0 Å². The summed E-state index contributed by atoms with van der Waals surface area (Å²) >= 11 is 1.04. The molecule has 1 aromatic carbocycles. The smallest absolute Gasteiger partial charge is 0.336 e. The molecule has 106 valence electrons. The standard InChI is InChI=1S/C11H9FN2O4S2/c1-6-7(10(15)16)2-3-8(9(6)12)20(17,18)14-11-13-4-5-19-11/h2-5H,1H3,(H,13,14)(H,15,16). The topological polar surface area (TPSA) is 96.4 Å². The summed E-state index contributed by atoms with van der Waals surface area (Å²) in [6.45, 7) is 1.21. The second-order valence-corrected chi connectivity index (χ2v) is 6.34. The molecule has 0 unspecified atom stereocenters. The van der Waals surface area contributed by atoms with Gasteiger partial charge in [-0.2, -0.15) is 0 Å². The van der Waals surface area contributed by atoms with Crippen molar-refractivity contribution >= 4 is 32.5 Å². The summed E-state index contributed by atoms with van der Waals surface area (Å²) in [5, 5.41) is 10.5. The summed E-state index contributed by atoms with van der Waals surface area (Å²) < 4.78 is 40.2. The van der Waals surface area contributed by atoms with Crippen molar-refractivity contribution in [1.82, 2.24) is 4.98 Å². The summed E-state index contributed by atoms with van der Waals surface area (Å²) in [6, 6.07) is 1.97. The third kappa shape index (κ3) is 2.63. The molecule has 6 nitrogen and oxygen atoms in total. The maximum absolute atomic E-state index is 14.0. The Morgan fingerprint density at radius 3 is 2.70 bits per heavy atom. The van der Waals surface area contributed by atoms with Gasteiger partial charge in [-0.3, -0.25) is 4.72 Å². The number of carbonyl (C=O) groups is 1. The van der Waals surface area contributed by atoms with Crippen LogP contribution in [0.4, 0.5) is 9.52 Å². The van der Waals surface area contributed by atoms with Gasteiger partial charge in [-0.05, 0) is 19.1 Å². The number of carboxylic acids is 1. The lowest BCUT2D eigenvalue weighted by Crippen LogP contribution is -2.16. The molecular weight excluding hydrogens is 307 g/mol. The van der Waals surface area contributed by atoms with Gasteiger partial charge < -0.3 is 5.11 Å². The fraction of sp³-hybridized carbons (Fsp3) is 0.0909. The monoisotopic (exact) mass is 316 g/mol. The van der Waals surface area contributed by atoms with Gasteiger partial charge in [-0.15, -0.1) is 11.3 Å². The number of thiazole rings is 1. The molecule has 0 fully saturated rings. The number of nitrogens with one attached hydrogen (secondary N) is 1. The zero-order chi connectivity index (χ0) is 14.9. The molecular formula is C11H9FN2O4S2. The van der Waals surface area contributed by atoms with E-state index in [1.165, 1.54) is 13.1 Å². The predicted molar refractivity (Wildman–Crippen MR) is 71.0 cm³/mol. The lowest BCUT2D eigenvalue weighted by molar-refractivity contribution is 0.0695. The number of aromatic nitrogens is 1. The molecule has 2 aromatic rings. The molecule has 0 radical (unpaired) electrons. The summed E-state index contributed by atoms with van der Waals surface area (Å²) in [4.78, 5) is 14.0. The summed E-state index contributed by atoms with van der Waals surface area (Å²) in [5.41, 5.74) is -0.518. The zero-order valence-electron chi connectivity index (χ0n) is 10.1. The van der Waals surface area contributed by atoms with Gasteiger partial charge in [0.25, 0.3) is 10.0 Å². The van der Waals surface area contributed by atoms with E-state index in [-0.39, 0.29) is 16.3 Å². The van der Waals surface area contributed by atoms with Crippen molar-refractivity contribution < 1.29 is 22.7 Å². The van der Waals surface area contributed by atoms with Crippen LogP contribution in [-0.4, -0.2) is 24.5 Å². The van der Waals surface area contributed by atoms with Gasteiger partial charge in [0.05, 0.1) is 5.56 Å². The van der Waals surface area contributed by atoms with E-state index >= 15 is 0 Å². The van der Waals surface area contributed by atoms with E-state index in [1.54, 1.807) is 5.38 Å². The molecule has 0 saturated carbocycles. The molecule has 0 saturated heterocycles. The number of sulfonamides is 1. The summed E-state index contributed by atoms with van der Waals surface area (Å²) in [5.74, 6) is -2.41. The molecule has 20 heavy (non-hydrogen) atoms. The van der Waals surface area contributed by atoms with Gasteiger partial charge in [0, 0.05) is 17.1 Å². The second kappa shape index (κ2) is 5.17. The second-order valence-electron chi connectivity index (χ2n) is 3.80. The summed E-state index contributed by atoms with van der Waals surface area (Å²) in [7, 11) is -4.15. The normalized spacial score (nSPS) is 11.3. The Balaban J connectivity index is 2.48. The molecule has 0 aliphatic rings. The third-order valence-corrected chi connectivity index (χ3v) is 4.70. The highest BCUT2D eigenvalue weighted by atomic mass is 32.2. The summed E-state index contributed by atoms with van der Waals surface area (Å²) in [6.07, 6.45) is 1.40. The zero-order valence-corrected chi connectivity index (χ0v) is 11.8. The van der Waals surface area contributed by atoms with Crippen molar-refractivity contribution in [3.8, 4) is 0 Å². The largest absolute Gasteiger partial charge is 0.478 e. The van der Waals surface area contributed by atoms with Crippen LogP contribution in [-0.2, 0) is 10.0 Å². The van der Waals surface area contributed by atoms with Gasteiger partial charge in [0.15, 0.2) is 5.13 Å². The quantitative estimate of drug-likeness (QED) is 0.900. The number of hydrogen-bond acceptors (Lipinski definition) is 5. The molecule has 0 aliphatic carbocycles. The van der Waals surface area contributed by atoms with Crippen LogP contribution in [0.1, 0.15) is 15.9 Å². The lowest BCUT2D eigenvalue weighted by Gasteiger charge is -2.09. The highest BCUT2D eigenvalue weighted by Gasteiger charge is 2.24. The number of halogens is 1. The molecule has 0 bridgehead atoms. The van der Waals surface area contributed by atoms with Crippen LogP contribution < -0.4 is 4.72 Å². The van der Waals surface area contributed by atoms with Gasteiger partial charge in [0.2, 0.25) is 0 Å². The molecule has 0 atom stereocenters. The Bertz CT molecular complexity index is 757. The van der Waals surface area contributed by atoms with Gasteiger partial charge in [0.1, 0.15) is 10.7 Å². The number of rotatable bonds is 4. The third-order valence-electron chi connectivity index (χ3n) is 2.52. The molecule has 9 heteroatoms. The lowest BCUT2D eigenvalue weighted by atomic mass is 10.1. The van der Waals surface area contributed by atoms with Crippen molar-refractivity contribution in [2.75, 3.05) is 4.72 Å². The van der Waals surface area contributed by atoms with E-state index in [0.29, 0.717) is 0 Å². The average molecular weight is 316 g/mol. The predicted octanol–water partition coefficient (Wildman–Crippen LogP) is 2.09. The minimum Gasteiger partial charge on any atom is -0.478 e. The van der Waals surface area contributed by atoms with E-state index < -0.39 is 26.7 Å². The van der Waals surface area contributed by atoms with Crippen LogP contribution in [0.5, 0.6) is 0 Å². The van der Waals surface area contributed by atoms with Crippen LogP contribution in [0, 0.1) is 12.7 Å². The maximum atomic E-state index is 14.0. The van der Waals surface area contributed by atoms with E-state index in [9.17, 15) is 17.6 Å². The fourth-order valence-electron chi connectivity index (χ4n) is 1.54. The van der Waals surface area contributed by atoms with Crippen LogP contribution in [0.2, 0.25) is 0 Å². The number of benzene rings is 1. The van der Waals surface area contributed by atoms with Crippen molar-refractivity contribution in [3.63, 3.8) is 0 Å². The number of carboxylic acid groups (broad SMARTS) is 1. The van der Waals surface area contributed by atoms with Crippen LogP contribution >= 0.6 is 11.3 Å². The molecule has 1 heterocycles. The Morgan fingerprint density at radius 2 is 2.15 bits per heavy atom. The van der Waals surface area contributed by atoms with E-state index in [2.05, 4.69) is 9.71 Å². The fourth-order valence-corrected chi connectivity index (χ4v) is 3.47. The van der Waals surface area contributed by atoms with E-state index in [0.717, 1.165) is 23.5 Å². The van der Waals surface area contributed by atoms with Gasteiger partial charge in [-0.1, -0.05) is 0 Å². The Labute approximate surface area is 118 Å². The Kier molecular flexibility index (Phi) is 3.73. The highest BCUT2D eigenvalue weighted by Crippen LogP contribution is 2.24. The van der Waals surface area contributed by atoms with Gasteiger partial charge in [-0.25, -0.2) is 22.6 Å². The SMILES string of the molecule is Cc1c(C(=O)O)ccc(S(=O)(=O)Nc2nccs2)c1F. The number of hydrogen-bond donors (Lipinski definition) is 2. The first-order valence-corrected chi connectivity index (χ1v) is 7.64. The van der Waals surface area contributed by atoms with E-state index in [1.807, 2.05) is 0 Å². The van der Waals surface area contributed by atoms with Crippen LogP contribution in [0.3, 0.4) is 0 Å². The molecule has 2 N–H and O–H groups in total. The number of aromatic carboxylic acids is 1. The van der Waals surface area contributed by atoms with Crippen molar-refractivity contribution in [2.45, 2.75) is 11.8 Å². The van der Waals surface area contributed by atoms with Gasteiger partial charge >= 0.3 is 5.97 Å². The van der Waals surface area contributed by atoms with E-state index in [4.69, 9.17) is 5.11 Å². The molecule has 0 spiro atoms. The number of nitrogens with zero attached hydrogens (tertiary/aromatic N) is 1. The Morgan fingerprint density at radius 1 is 1.45 bits per heavy atom. The average Bonchev–Trinajstić information content (AvgIpc) is 2.83. The molecule has 0 aliphatic heterocycles. The first-order valence-electron chi connectivity index (χ1n) is 5.27. The van der Waals surface area contributed by atoms with Crippen molar-refractivity contribution in [3.05, 3.63) is 40.7 Å². The van der Waals surface area contributed by atoms with Crippen LogP contribution in [0.25, 0.3) is 0 Å². The first kappa shape index (κ1) is 14.4. The number of anilines is 1. The highest BCUT2D eigenvalue weighted by molar-refractivity contribution is 7.93.